The number of anilines is 1. The summed E-state index contributed by atoms with van der Waals surface area (Å²) in [6, 6.07) is 4.75. The van der Waals surface area contributed by atoms with Crippen LogP contribution in [0.15, 0.2) is 23.1 Å². The van der Waals surface area contributed by atoms with Gasteiger partial charge in [-0.2, -0.15) is 0 Å². The van der Waals surface area contributed by atoms with Crippen LogP contribution in [0.5, 0.6) is 0 Å². The molecule has 1 saturated heterocycles. The third-order valence-electron chi connectivity index (χ3n) is 2.70. The highest BCUT2D eigenvalue weighted by Gasteiger charge is 2.32. The van der Waals surface area contributed by atoms with Crippen molar-refractivity contribution in [1.29, 1.82) is 0 Å². The van der Waals surface area contributed by atoms with Gasteiger partial charge in [-0.25, -0.2) is 8.42 Å². The van der Waals surface area contributed by atoms with Crippen LogP contribution in [-0.2, 0) is 20.6 Å². The summed E-state index contributed by atoms with van der Waals surface area (Å²) in [5, 5.41) is 0.0106. The Balaban J connectivity index is 2.23. The summed E-state index contributed by atoms with van der Waals surface area (Å²) in [4.78, 5) is 0.534. The molecule has 17 heavy (non-hydrogen) atoms. The predicted molar refractivity (Wildman–Crippen MR) is 69.3 cm³/mol. The van der Waals surface area contributed by atoms with Crippen molar-refractivity contribution in [3.63, 3.8) is 0 Å². The summed E-state index contributed by atoms with van der Waals surface area (Å²) < 4.78 is 34.8. The second kappa shape index (κ2) is 4.59. The molecule has 94 valence electrons. The standard InChI is InChI=1S/C10H12ClNO3S2/c11-9-5-7(1-2-10(9)12)16(13)8-3-4-17(14,15)6-8/h1-2,5,8H,3-4,6,12H2. The highest BCUT2D eigenvalue weighted by atomic mass is 35.5. The van der Waals surface area contributed by atoms with Gasteiger partial charge in [-0.05, 0) is 24.6 Å². The van der Waals surface area contributed by atoms with Gasteiger partial charge in [0.15, 0.2) is 9.84 Å². The molecule has 1 aliphatic rings. The Morgan fingerprint density at radius 2 is 2.12 bits per heavy atom. The van der Waals surface area contributed by atoms with E-state index in [0.717, 1.165) is 0 Å². The summed E-state index contributed by atoms with van der Waals surface area (Å²) in [6.45, 7) is 0. The van der Waals surface area contributed by atoms with Crippen LogP contribution >= 0.6 is 11.6 Å². The monoisotopic (exact) mass is 293 g/mol. The number of sulfone groups is 1. The molecule has 2 atom stereocenters. The second-order valence-electron chi connectivity index (χ2n) is 4.01. The highest BCUT2D eigenvalue weighted by molar-refractivity contribution is 7.94. The van der Waals surface area contributed by atoms with Crippen molar-refractivity contribution in [3.05, 3.63) is 23.2 Å². The molecule has 0 aromatic heterocycles. The third-order valence-corrected chi connectivity index (χ3v) is 6.73. The van der Waals surface area contributed by atoms with Gasteiger partial charge in [-0.15, -0.1) is 0 Å². The van der Waals surface area contributed by atoms with Crippen LogP contribution in [0.25, 0.3) is 0 Å². The van der Waals surface area contributed by atoms with E-state index in [4.69, 9.17) is 17.3 Å². The smallest absolute Gasteiger partial charge is 0.151 e. The molecule has 2 rings (SSSR count). The van der Waals surface area contributed by atoms with E-state index in [1.54, 1.807) is 12.1 Å². The fourth-order valence-electron chi connectivity index (χ4n) is 1.76. The maximum Gasteiger partial charge on any atom is 0.151 e. The number of nitrogens with two attached hydrogens (primary N) is 1. The van der Waals surface area contributed by atoms with Crippen LogP contribution in [0.1, 0.15) is 6.42 Å². The van der Waals surface area contributed by atoms with Crippen molar-refractivity contribution in [2.24, 2.45) is 0 Å². The molecule has 1 fully saturated rings. The van der Waals surface area contributed by atoms with Gasteiger partial charge in [0.25, 0.3) is 0 Å². The van der Waals surface area contributed by atoms with Gasteiger partial charge < -0.3 is 5.73 Å². The molecule has 0 amide bonds. The Bertz CT molecular complexity index is 571. The number of halogens is 1. The summed E-state index contributed by atoms with van der Waals surface area (Å²) in [5.74, 6) is 0.105. The van der Waals surface area contributed by atoms with E-state index >= 15 is 0 Å². The number of rotatable bonds is 2. The molecule has 1 aromatic rings. The van der Waals surface area contributed by atoms with E-state index in [-0.39, 0.29) is 16.8 Å². The molecular formula is C10H12ClNO3S2. The molecule has 4 nitrogen and oxygen atoms in total. The van der Waals surface area contributed by atoms with Crippen molar-refractivity contribution in [2.45, 2.75) is 16.6 Å². The molecule has 0 aliphatic carbocycles. The second-order valence-corrected chi connectivity index (χ2v) is 8.37. The molecule has 1 aromatic carbocycles. The lowest BCUT2D eigenvalue weighted by molar-refractivity contribution is 0.602. The number of hydrogen-bond donors (Lipinski definition) is 1. The number of benzene rings is 1. The van der Waals surface area contributed by atoms with E-state index < -0.39 is 20.6 Å². The minimum absolute atomic E-state index is 0.0123. The first-order valence-electron chi connectivity index (χ1n) is 5.05. The lowest BCUT2D eigenvalue weighted by atomic mass is 10.3. The van der Waals surface area contributed by atoms with Crippen molar-refractivity contribution < 1.29 is 12.6 Å². The van der Waals surface area contributed by atoms with Crippen LogP contribution in [0.4, 0.5) is 5.69 Å². The van der Waals surface area contributed by atoms with Crippen molar-refractivity contribution in [3.8, 4) is 0 Å². The van der Waals surface area contributed by atoms with Gasteiger partial charge in [-0.3, -0.25) is 4.21 Å². The fraction of sp³-hybridized carbons (Fsp3) is 0.400. The van der Waals surface area contributed by atoms with Crippen LogP contribution in [0, 0.1) is 0 Å². The molecular weight excluding hydrogens is 282 g/mol. The van der Waals surface area contributed by atoms with Crippen molar-refractivity contribution in [1.82, 2.24) is 0 Å². The molecule has 0 radical (unpaired) electrons. The van der Waals surface area contributed by atoms with Crippen LogP contribution in [0.3, 0.4) is 0 Å². The minimum atomic E-state index is -3.02. The first kappa shape index (κ1) is 12.9. The summed E-state index contributed by atoms with van der Waals surface area (Å²) in [5.41, 5.74) is 5.98. The van der Waals surface area contributed by atoms with Gasteiger partial charge >= 0.3 is 0 Å². The maximum absolute atomic E-state index is 12.1. The maximum atomic E-state index is 12.1. The Morgan fingerprint density at radius 1 is 1.41 bits per heavy atom. The number of hydrogen-bond acceptors (Lipinski definition) is 4. The van der Waals surface area contributed by atoms with Gasteiger partial charge in [0.2, 0.25) is 0 Å². The normalized spacial score (nSPS) is 24.6. The zero-order valence-electron chi connectivity index (χ0n) is 8.93. The first-order valence-corrected chi connectivity index (χ1v) is 8.46. The molecule has 2 N–H and O–H groups in total. The van der Waals surface area contributed by atoms with Crippen molar-refractivity contribution in [2.75, 3.05) is 17.2 Å². The summed E-state index contributed by atoms with van der Waals surface area (Å²) in [7, 11) is -4.36. The predicted octanol–water partition coefficient (Wildman–Crippen LogP) is 1.22. The van der Waals surface area contributed by atoms with Crippen molar-refractivity contribution >= 4 is 37.9 Å². The summed E-state index contributed by atoms with van der Waals surface area (Å²) >= 11 is 5.84. The Kier molecular flexibility index (Phi) is 3.47. The number of nitrogen functional groups attached to an aromatic ring is 1. The van der Waals surface area contributed by atoms with Gasteiger partial charge in [-0.1, -0.05) is 11.6 Å². The fourth-order valence-corrected chi connectivity index (χ4v) is 5.96. The molecule has 0 saturated carbocycles. The van der Waals surface area contributed by atoms with E-state index in [2.05, 4.69) is 0 Å². The lowest BCUT2D eigenvalue weighted by Gasteiger charge is -2.08. The summed E-state index contributed by atoms with van der Waals surface area (Å²) in [6.07, 6.45) is 0.441. The van der Waals surface area contributed by atoms with E-state index in [9.17, 15) is 12.6 Å². The molecule has 2 unspecified atom stereocenters. The molecule has 0 spiro atoms. The van der Waals surface area contributed by atoms with Crippen LogP contribution < -0.4 is 5.73 Å². The van der Waals surface area contributed by atoms with Gasteiger partial charge in [0, 0.05) is 4.90 Å². The molecule has 1 heterocycles. The molecule has 0 bridgehead atoms. The minimum Gasteiger partial charge on any atom is -0.398 e. The van der Waals surface area contributed by atoms with Crippen LogP contribution in [0.2, 0.25) is 5.02 Å². The third kappa shape index (κ3) is 2.81. The Morgan fingerprint density at radius 3 is 2.65 bits per heavy atom. The van der Waals surface area contributed by atoms with E-state index in [1.807, 2.05) is 0 Å². The van der Waals surface area contributed by atoms with Crippen LogP contribution in [-0.4, -0.2) is 29.4 Å². The SMILES string of the molecule is Nc1ccc(S(=O)C2CCS(=O)(=O)C2)cc1Cl. The average Bonchev–Trinajstić information content (AvgIpc) is 2.62. The zero-order chi connectivity index (χ0) is 12.6. The molecule has 1 aliphatic heterocycles. The quantitative estimate of drug-likeness (QED) is 0.832. The zero-order valence-corrected chi connectivity index (χ0v) is 11.3. The topological polar surface area (TPSA) is 77.2 Å². The first-order chi connectivity index (χ1) is 7.89. The van der Waals surface area contributed by atoms with Gasteiger partial charge in [0.05, 0.1) is 38.3 Å². The largest absolute Gasteiger partial charge is 0.398 e. The Hall–Kier alpha value is -0.590. The molecule has 7 heteroatoms. The van der Waals surface area contributed by atoms with E-state index in [0.29, 0.717) is 22.0 Å². The highest BCUT2D eigenvalue weighted by Crippen LogP contribution is 2.26. The lowest BCUT2D eigenvalue weighted by Crippen LogP contribution is -2.16. The Labute approximate surface area is 108 Å². The average molecular weight is 294 g/mol. The van der Waals surface area contributed by atoms with E-state index in [1.165, 1.54) is 6.07 Å². The van der Waals surface area contributed by atoms with Gasteiger partial charge in [0.1, 0.15) is 0 Å².